The van der Waals surface area contributed by atoms with Crippen LogP contribution in [0, 0.1) is 0 Å². The number of benzene rings is 2. The SMILES string of the molecule is NC1C=CC(C2C=C(Cc3ccc[nH]3)C3(Oc4cc5oc(-c6cc(O)c(O)c(CCO)c6)cc(=O)c5c(O)c42)OC(C(=O)OC2OC(CCO)(C(=O)O)C(O)C(O)C2O)C(O)C(O)C3O)=CN1. The molecular weight excluding hydrogens is 890 g/mol. The van der Waals surface area contributed by atoms with Gasteiger partial charge in [0, 0.05) is 84.5 Å². The standard InChI is InChI=1S/C44H47N3O20/c45-28-4-3-18(16-47-28)22-13-20(12-21-2-1-7-46-21)44(39(59)34(55)33(54)37(66-44)40(60)64-41-36(57)35(56)38(58)43(67-41,6-9-49)42(61)62)65-27-15-26-30(32(53)29(22)27)23(50)14-25(63-26)19-10-17(5-8-48)31(52)24(51)11-19/h1-4,7,10-11,13-16,22,28,33-39,41,46-49,51-59H,5-6,8-9,12,45H2,(H,61,62). The number of aliphatic hydroxyl groups excluding tert-OH is 8. The van der Waals surface area contributed by atoms with Crippen molar-refractivity contribution in [3.63, 3.8) is 0 Å². The van der Waals surface area contributed by atoms with Crippen molar-refractivity contribution >= 4 is 22.9 Å². The first-order chi connectivity index (χ1) is 31.8. The summed E-state index contributed by atoms with van der Waals surface area (Å²) in [5.41, 5.74) is 2.79. The third-order valence-electron chi connectivity index (χ3n) is 12.3. The van der Waals surface area contributed by atoms with E-state index >= 15 is 0 Å². The van der Waals surface area contributed by atoms with Gasteiger partial charge in [-0.3, -0.25) is 4.79 Å². The molecule has 12 unspecified atom stereocenters. The zero-order valence-electron chi connectivity index (χ0n) is 34.9. The number of carbonyl (C=O) groups is 2. The van der Waals surface area contributed by atoms with Gasteiger partial charge in [0.05, 0.1) is 6.17 Å². The van der Waals surface area contributed by atoms with E-state index in [1.807, 2.05) is 0 Å². The Labute approximate surface area is 377 Å². The Morgan fingerprint density at radius 2 is 1.64 bits per heavy atom. The fourth-order valence-corrected chi connectivity index (χ4v) is 8.77. The predicted molar refractivity (Wildman–Crippen MR) is 225 cm³/mol. The highest BCUT2D eigenvalue weighted by Crippen LogP contribution is 2.52. The largest absolute Gasteiger partial charge is 0.507 e. The maximum absolute atomic E-state index is 14.2. The van der Waals surface area contributed by atoms with E-state index in [1.165, 1.54) is 18.3 Å². The minimum atomic E-state index is -2.83. The van der Waals surface area contributed by atoms with Crippen LogP contribution in [0.2, 0.25) is 0 Å². The minimum Gasteiger partial charge on any atom is -0.507 e. The number of fused-ring (bicyclic) bond motifs is 2. The molecular formula is C44H47N3O20. The van der Waals surface area contributed by atoms with E-state index < -0.39 is 132 Å². The van der Waals surface area contributed by atoms with E-state index in [9.17, 15) is 75.7 Å². The number of carbonyl (C=O) groups excluding carboxylic acids is 1. The number of aromatic hydroxyl groups is 3. The van der Waals surface area contributed by atoms with Crippen LogP contribution in [0.5, 0.6) is 23.0 Å². The number of hydrogen-bond donors (Lipinski definition) is 15. The number of carboxylic acid groups (broad SMARTS) is 1. The Kier molecular flexibility index (Phi) is 12.7. The number of aromatic amines is 1. The highest BCUT2D eigenvalue weighted by atomic mass is 16.8. The van der Waals surface area contributed by atoms with E-state index in [2.05, 4.69) is 10.3 Å². The van der Waals surface area contributed by atoms with Crippen molar-refractivity contribution in [1.82, 2.24) is 10.3 Å². The molecule has 2 aromatic heterocycles. The number of esters is 1. The second kappa shape index (κ2) is 18.0. The highest BCUT2D eigenvalue weighted by Gasteiger charge is 2.63. The Balaban J connectivity index is 1.30. The first kappa shape index (κ1) is 47.2. The number of aliphatic hydroxyl groups is 8. The molecule has 358 valence electrons. The van der Waals surface area contributed by atoms with E-state index in [4.69, 9.17) is 29.1 Å². The number of ether oxygens (including phenoxy) is 4. The van der Waals surface area contributed by atoms with Crippen molar-refractivity contribution in [2.75, 3.05) is 13.2 Å². The van der Waals surface area contributed by atoms with Crippen LogP contribution in [0.3, 0.4) is 0 Å². The summed E-state index contributed by atoms with van der Waals surface area (Å²) in [6, 6.07) is 7.85. The number of H-pyrrole nitrogens is 1. The van der Waals surface area contributed by atoms with Gasteiger partial charge in [-0.25, -0.2) is 9.59 Å². The van der Waals surface area contributed by atoms with Crippen molar-refractivity contribution in [3.8, 4) is 34.3 Å². The van der Waals surface area contributed by atoms with Crippen LogP contribution in [0.4, 0.5) is 0 Å². The molecule has 2 saturated heterocycles. The average Bonchev–Trinajstić information content (AvgIpc) is 3.77. The third-order valence-corrected chi connectivity index (χ3v) is 12.3. The number of hydrogen-bond acceptors (Lipinski definition) is 21. The summed E-state index contributed by atoms with van der Waals surface area (Å²) in [5.74, 6) is -9.99. The van der Waals surface area contributed by atoms with Crippen LogP contribution in [0.1, 0.15) is 29.2 Å². The Morgan fingerprint density at radius 3 is 2.30 bits per heavy atom. The quantitative estimate of drug-likeness (QED) is 0.0430. The number of aliphatic carboxylic acids is 1. The third kappa shape index (κ3) is 8.08. The van der Waals surface area contributed by atoms with Gasteiger partial charge in [0.2, 0.25) is 6.29 Å². The molecule has 6 heterocycles. The summed E-state index contributed by atoms with van der Waals surface area (Å²) in [6.07, 6.45) is -13.1. The van der Waals surface area contributed by atoms with Gasteiger partial charge < -0.3 is 101 Å². The van der Waals surface area contributed by atoms with Crippen LogP contribution in [-0.4, -0.2) is 158 Å². The number of nitrogens with one attached hydrogen (secondary N) is 2. The van der Waals surface area contributed by atoms with Crippen molar-refractivity contribution in [2.24, 2.45) is 5.73 Å². The molecule has 0 radical (unpaired) electrons. The number of carboxylic acids is 1. The molecule has 8 rings (SSSR count). The molecule has 0 saturated carbocycles. The van der Waals surface area contributed by atoms with Gasteiger partial charge >= 0.3 is 11.9 Å². The van der Waals surface area contributed by atoms with E-state index in [0.717, 1.165) is 18.2 Å². The summed E-state index contributed by atoms with van der Waals surface area (Å²) in [5, 5.41) is 132. The van der Waals surface area contributed by atoms with Crippen LogP contribution in [0.15, 0.2) is 87.4 Å². The number of rotatable bonds is 11. The van der Waals surface area contributed by atoms with Crippen LogP contribution in [0.25, 0.3) is 22.3 Å². The summed E-state index contributed by atoms with van der Waals surface area (Å²) >= 11 is 0. The minimum absolute atomic E-state index is 0.0628. The second-order valence-electron chi connectivity index (χ2n) is 16.5. The number of allylic oxidation sites excluding steroid dienone is 3. The predicted octanol–water partition coefficient (Wildman–Crippen LogP) is -2.22. The topological polar surface area (TPSA) is 398 Å². The number of aromatic nitrogens is 1. The number of phenolic OH excluding ortho intramolecular Hbond substituents is 3. The van der Waals surface area contributed by atoms with Gasteiger partial charge in [0.15, 0.2) is 34.7 Å². The fourth-order valence-electron chi connectivity index (χ4n) is 8.77. The molecule has 2 fully saturated rings. The van der Waals surface area contributed by atoms with Gasteiger partial charge in [-0.2, -0.15) is 0 Å². The highest BCUT2D eigenvalue weighted by molar-refractivity contribution is 5.89. The Morgan fingerprint density at radius 1 is 0.896 bits per heavy atom. The maximum atomic E-state index is 14.2. The summed E-state index contributed by atoms with van der Waals surface area (Å²) in [6.45, 7) is -1.33. The lowest BCUT2D eigenvalue weighted by atomic mass is 9.82. The van der Waals surface area contributed by atoms with Gasteiger partial charge in [-0.05, 0) is 42.3 Å². The van der Waals surface area contributed by atoms with Gasteiger partial charge in [0.25, 0.3) is 5.79 Å². The van der Waals surface area contributed by atoms with Crippen LogP contribution < -0.4 is 21.2 Å². The van der Waals surface area contributed by atoms with E-state index in [0.29, 0.717) is 11.3 Å². The molecule has 0 bridgehead atoms. The van der Waals surface area contributed by atoms with E-state index in [1.54, 1.807) is 30.5 Å². The van der Waals surface area contributed by atoms with Crippen LogP contribution in [-0.2, 0) is 36.6 Å². The molecule has 23 nitrogen and oxygen atoms in total. The van der Waals surface area contributed by atoms with Crippen molar-refractivity contribution in [3.05, 3.63) is 105 Å². The lowest BCUT2D eigenvalue weighted by Gasteiger charge is -2.49. The molecule has 4 aliphatic heterocycles. The lowest BCUT2D eigenvalue weighted by Crippen LogP contribution is -2.70. The zero-order valence-corrected chi connectivity index (χ0v) is 34.9. The first-order valence-corrected chi connectivity index (χ1v) is 20.8. The lowest BCUT2D eigenvalue weighted by molar-refractivity contribution is -0.336. The summed E-state index contributed by atoms with van der Waals surface area (Å²) in [4.78, 5) is 43.6. The molecule has 16 N–H and O–H groups in total. The molecule has 1 spiro atoms. The fraction of sp³-hybridized carbons (Fsp3) is 0.386. The molecule has 23 heteroatoms. The summed E-state index contributed by atoms with van der Waals surface area (Å²) in [7, 11) is 0. The van der Waals surface area contributed by atoms with Gasteiger partial charge in [-0.1, -0.05) is 12.2 Å². The first-order valence-electron chi connectivity index (χ1n) is 20.8. The van der Waals surface area contributed by atoms with Crippen molar-refractivity contribution in [1.29, 1.82) is 0 Å². The molecule has 4 aliphatic rings. The van der Waals surface area contributed by atoms with Gasteiger partial charge in [0.1, 0.15) is 58.7 Å². The smallest absolute Gasteiger partial charge is 0.340 e. The van der Waals surface area contributed by atoms with E-state index in [-0.39, 0.29) is 51.8 Å². The second-order valence-corrected chi connectivity index (χ2v) is 16.5. The zero-order chi connectivity index (χ0) is 48.3. The summed E-state index contributed by atoms with van der Waals surface area (Å²) < 4.78 is 29.6. The number of phenols is 3. The molecule has 2 aromatic carbocycles. The monoisotopic (exact) mass is 937 g/mol. The van der Waals surface area contributed by atoms with Crippen LogP contribution >= 0.6 is 0 Å². The molecule has 0 amide bonds. The molecule has 4 aromatic rings. The Hall–Kier alpha value is -6.35. The average molecular weight is 938 g/mol. The molecule has 12 atom stereocenters. The Bertz CT molecular complexity index is 2720. The van der Waals surface area contributed by atoms with Crippen molar-refractivity contribution in [2.45, 2.75) is 91.8 Å². The molecule has 67 heavy (non-hydrogen) atoms. The maximum Gasteiger partial charge on any atom is 0.340 e. The number of dihydropyridines is 1. The van der Waals surface area contributed by atoms with Gasteiger partial charge in [-0.15, -0.1) is 0 Å². The number of nitrogens with two attached hydrogens (primary N) is 1. The van der Waals surface area contributed by atoms with Crippen molar-refractivity contribution < 1.29 is 94.2 Å². The normalized spacial score (nSPS) is 31.5. The molecule has 0 aliphatic carbocycles.